The van der Waals surface area contributed by atoms with Gasteiger partial charge in [-0.15, -0.1) is 0 Å². The van der Waals surface area contributed by atoms with Crippen LogP contribution in [-0.2, 0) is 16.0 Å². The highest BCUT2D eigenvalue weighted by Crippen LogP contribution is 2.17. The number of carbonyl (C=O) groups is 2. The number of hydrogen-bond acceptors (Lipinski definition) is 3. The Balaban J connectivity index is 1.89. The zero-order valence-corrected chi connectivity index (χ0v) is 14.1. The summed E-state index contributed by atoms with van der Waals surface area (Å²) in [5.74, 6) is -0.243. The third-order valence-corrected chi connectivity index (χ3v) is 3.68. The van der Waals surface area contributed by atoms with Gasteiger partial charge in [-0.25, -0.2) is 0 Å². The summed E-state index contributed by atoms with van der Waals surface area (Å²) >= 11 is 0. The zero-order valence-electron chi connectivity index (χ0n) is 14.1. The minimum Gasteiger partial charge on any atom is -0.356 e. The van der Waals surface area contributed by atoms with Crippen LogP contribution in [0.5, 0.6) is 0 Å². The summed E-state index contributed by atoms with van der Waals surface area (Å²) in [5, 5.41) is 5.73. The van der Waals surface area contributed by atoms with E-state index < -0.39 is 0 Å². The van der Waals surface area contributed by atoms with Crippen LogP contribution in [0.25, 0.3) is 0 Å². The highest BCUT2D eigenvalue weighted by atomic mass is 16.2. The number of pyridine rings is 1. The minimum absolute atomic E-state index is 0.0924. The maximum absolute atomic E-state index is 12.2. The molecule has 0 saturated carbocycles. The molecule has 24 heavy (non-hydrogen) atoms. The number of aryl methyl sites for hydroxylation is 1. The Morgan fingerprint density at radius 1 is 1.12 bits per heavy atom. The lowest BCUT2D eigenvalue weighted by molar-refractivity contribution is -0.122. The van der Waals surface area contributed by atoms with E-state index in [0.29, 0.717) is 13.0 Å². The van der Waals surface area contributed by atoms with Gasteiger partial charge in [-0.3, -0.25) is 14.6 Å². The average Bonchev–Trinajstić information content (AvgIpc) is 2.55. The van der Waals surface area contributed by atoms with Crippen molar-refractivity contribution in [1.82, 2.24) is 15.6 Å². The molecule has 1 unspecified atom stereocenters. The van der Waals surface area contributed by atoms with Crippen LogP contribution in [0.3, 0.4) is 0 Å². The fourth-order valence-corrected chi connectivity index (χ4v) is 2.43. The first-order valence-corrected chi connectivity index (χ1v) is 8.05. The smallest absolute Gasteiger partial charge is 0.222 e. The van der Waals surface area contributed by atoms with Gasteiger partial charge >= 0.3 is 0 Å². The molecule has 0 aliphatic heterocycles. The number of nitrogens with zero attached hydrogens (tertiary/aromatic N) is 1. The van der Waals surface area contributed by atoms with Gasteiger partial charge in [0.1, 0.15) is 0 Å². The summed E-state index contributed by atoms with van der Waals surface area (Å²) in [6, 6.07) is 13.2. The van der Waals surface area contributed by atoms with Crippen LogP contribution in [0.15, 0.2) is 48.7 Å². The monoisotopic (exact) mass is 325 g/mol. The highest BCUT2D eigenvalue weighted by molar-refractivity contribution is 5.79. The standard InChI is InChI=1S/C19H23N3O2/c1-14-6-8-16(9-7-14)18(22-15(2)23)13-19(24)21-12-10-17-5-3-4-11-20-17/h3-9,11,18H,10,12-13H2,1-2H3,(H,21,24)(H,22,23). The molecule has 0 saturated heterocycles. The van der Waals surface area contributed by atoms with Crippen molar-refractivity contribution < 1.29 is 9.59 Å². The van der Waals surface area contributed by atoms with Gasteiger partial charge in [-0.05, 0) is 24.6 Å². The molecule has 2 rings (SSSR count). The van der Waals surface area contributed by atoms with Crippen LogP contribution in [0.2, 0.25) is 0 Å². The summed E-state index contributed by atoms with van der Waals surface area (Å²) in [5.41, 5.74) is 3.01. The van der Waals surface area contributed by atoms with Gasteiger partial charge in [0, 0.05) is 31.8 Å². The van der Waals surface area contributed by atoms with Crippen LogP contribution < -0.4 is 10.6 Å². The number of nitrogens with one attached hydrogen (secondary N) is 2. The Bertz CT molecular complexity index is 669. The molecule has 0 radical (unpaired) electrons. The van der Waals surface area contributed by atoms with Crippen molar-refractivity contribution in [2.24, 2.45) is 0 Å². The SMILES string of the molecule is CC(=O)NC(CC(=O)NCCc1ccccn1)c1ccc(C)cc1. The van der Waals surface area contributed by atoms with Crippen molar-refractivity contribution in [2.45, 2.75) is 32.7 Å². The molecule has 2 amide bonds. The molecule has 0 aliphatic carbocycles. The number of amides is 2. The molecular weight excluding hydrogens is 302 g/mol. The molecule has 2 N–H and O–H groups in total. The number of aromatic nitrogens is 1. The van der Waals surface area contributed by atoms with E-state index in [9.17, 15) is 9.59 Å². The zero-order chi connectivity index (χ0) is 17.4. The van der Waals surface area contributed by atoms with Crippen molar-refractivity contribution in [3.63, 3.8) is 0 Å². The van der Waals surface area contributed by atoms with Crippen LogP contribution >= 0.6 is 0 Å². The van der Waals surface area contributed by atoms with E-state index in [4.69, 9.17) is 0 Å². The van der Waals surface area contributed by atoms with Crippen molar-refractivity contribution >= 4 is 11.8 Å². The third-order valence-electron chi connectivity index (χ3n) is 3.68. The highest BCUT2D eigenvalue weighted by Gasteiger charge is 2.16. The number of carbonyl (C=O) groups excluding carboxylic acids is 2. The molecule has 1 aromatic carbocycles. The molecule has 5 heteroatoms. The van der Waals surface area contributed by atoms with E-state index in [1.54, 1.807) is 6.20 Å². The fraction of sp³-hybridized carbons (Fsp3) is 0.316. The summed E-state index contributed by atoms with van der Waals surface area (Å²) in [4.78, 5) is 27.8. The van der Waals surface area contributed by atoms with Crippen molar-refractivity contribution in [1.29, 1.82) is 0 Å². The lowest BCUT2D eigenvalue weighted by Crippen LogP contribution is -2.33. The normalized spacial score (nSPS) is 11.6. The van der Waals surface area contributed by atoms with Gasteiger partial charge in [0.15, 0.2) is 0 Å². The second-order valence-corrected chi connectivity index (χ2v) is 5.79. The van der Waals surface area contributed by atoms with E-state index in [1.165, 1.54) is 6.92 Å². The minimum atomic E-state index is -0.321. The largest absolute Gasteiger partial charge is 0.356 e. The molecule has 0 aliphatic rings. The van der Waals surface area contributed by atoms with Crippen molar-refractivity contribution in [2.75, 3.05) is 6.54 Å². The second kappa shape index (κ2) is 8.82. The van der Waals surface area contributed by atoms with Gasteiger partial charge in [0.05, 0.1) is 12.5 Å². The Labute approximate surface area is 142 Å². The fourth-order valence-electron chi connectivity index (χ4n) is 2.43. The topological polar surface area (TPSA) is 71.1 Å². The molecule has 1 atom stereocenters. The molecule has 0 bridgehead atoms. The molecule has 126 valence electrons. The van der Waals surface area contributed by atoms with Crippen LogP contribution in [0.1, 0.15) is 36.2 Å². The van der Waals surface area contributed by atoms with E-state index in [2.05, 4.69) is 15.6 Å². The van der Waals surface area contributed by atoms with Crippen LogP contribution in [0, 0.1) is 6.92 Å². The maximum Gasteiger partial charge on any atom is 0.222 e. The predicted octanol–water partition coefficient (Wildman–Crippen LogP) is 2.32. The first kappa shape index (κ1) is 17.7. The lowest BCUT2D eigenvalue weighted by atomic mass is 10.0. The first-order valence-electron chi connectivity index (χ1n) is 8.05. The molecule has 0 fully saturated rings. The van der Waals surface area contributed by atoms with Crippen molar-refractivity contribution in [3.05, 3.63) is 65.5 Å². The summed E-state index contributed by atoms with van der Waals surface area (Å²) < 4.78 is 0. The van der Waals surface area contributed by atoms with Gasteiger partial charge < -0.3 is 10.6 Å². The first-order chi connectivity index (χ1) is 11.5. The van der Waals surface area contributed by atoms with Gasteiger partial charge in [0.25, 0.3) is 0 Å². The second-order valence-electron chi connectivity index (χ2n) is 5.79. The van der Waals surface area contributed by atoms with Crippen LogP contribution in [0.4, 0.5) is 0 Å². The molecule has 1 heterocycles. The summed E-state index contributed by atoms with van der Waals surface area (Å²) in [6.07, 6.45) is 2.63. The Morgan fingerprint density at radius 2 is 1.88 bits per heavy atom. The van der Waals surface area contributed by atoms with E-state index in [-0.39, 0.29) is 24.3 Å². The molecule has 5 nitrogen and oxygen atoms in total. The lowest BCUT2D eigenvalue weighted by Gasteiger charge is -2.18. The van der Waals surface area contributed by atoms with E-state index >= 15 is 0 Å². The third kappa shape index (κ3) is 5.83. The molecular formula is C19H23N3O2. The molecule has 2 aromatic rings. The van der Waals surface area contributed by atoms with Crippen molar-refractivity contribution in [3.8, 4) is 0 Å². The van der Waals surface area contributed by atoms with E-state index in [1.807, 2.05) is 49.4 Å². The van der Waals surface area contributed by atoms with E-state index in [0.717, 1.165) is 16.8 Å². The predicted molar refractivity (Wildman–Crippen MR) is 93.3 cm³/mol. The summed E-state index contributed by atoms with van der Waals surface area (Å²) in [7, 11) is 0. The Morgan fingerprint density at radius 3 is 2.50 bits per heavy atom. The Hall–Kier alpha value is -2.69. The number of hydrogen-bond donors (Lipinski definition) is 2. The van der Waals surface area contributed by atoms with Gasteiger partial charge in [-0.1, -0.05) is 35.9 Å². The van der Waals surface area contributed by atoms with Gasteiger partial charge in [0.2, 0.25) is 11.8 Å². The Kier molecular flexibility index (Phi) is 6.49. The number of benzene rings is 1. The van der Waals surface area contributed by atoms with Gasteiger partial charge in [-0.2, -0.15) is 0 Å². The summed E-state index contributed by atoms with van der Waals surface area (Å²) in [6.45, 7) is 3.98. The number of rotatable bonds is 7. The quantitative estimate of drug-likeness (QED) is 0.820. The van der Waals surface area contributed by atoms with Crippen LogP contribution in [-0.4, -0.2) is 23.3 Å². The average molecular weight is 325 g/mol. The molecule has 0 spiro atoms. The maximum atomic E-state index is 12.2. The molecule has 1 aromatic heterocycles.